The summed E-state index contributed by atoms with van der Waals surface area (Å²) in [6.45, 7) is 8.61. The Labute approximate surface area is 86.0 Å². The van der Waals surface area contributed by atoms with Crippen LogP contribution in [0.5, 0.6) is 0 Å². The van der Waals surface area contributed by atoms with Crippen molar-refractivity contribution < 1.29 is 4.79 Å². The summed E-state index contributed by atoms with van der Waals surface area (Å²) in [5, 5.41) is 0. The number of hydrogen-bond donors (Lipinski definition) is 0. The molecule has 0 aromatic rings. The molecule has 0 unspecified atom stereocenters. The summed E-state index contributed by atoms with van der Waals surface area (Å²) < 4.78 is 0. The topological polar surface area (TPSA) is 20.3 Å². The van der Waals surface area contributed by atoms with E-state index >= 15 is 0 Å². The maximum absolute atomic E-state index is 12.0. The molecule has 14 heavy (non-hydrogen) atoms. The van der Waals surface area contributed by atoms with E-state index in [0.717, 1.165) is 31.6 Å². The van der Waals surface area contributed by atoms with Crippen molar-refractivity contribution >= 4 is 5.78 Å². The van der Waals surface area contributed by atoms with Crippen LogP contribution in [-0.2, 0) is 4.79 Å². The Hall–Kier alpha value is -0.790. The SMILES string of the molecule is CC(C)(C)/C=C1\C(=O)C2CCN1CC2. The highest BCUT2D eigenvalue weighted by Crippen LogP contribution is 2.33. The van der Waals surface area contributed by atoms with E-state index < -0.39 is 0 Å². The van der Waals surface area contributed by atoms with Crippen LogP contribution in [0.4, 0.5) is 0 Å². The van der Waals surface area contributed by atoms with Crippen LogP contribution in [0.2, 0.25) is 0 Å². The van der Waals surface area contributed by atoms with E-state index in [-0.39, 0.29) is 5.41 Å². The van der Waals surface area contributed by atoms with Gasteiger partial charge in [0.2, 0.25) is 0 Å². The van der Waals surface area contributed by atoms with Gasteiger partial charge >= 0.3 is 0 Å². The molecule has 0 aromatic heterocycles. The van der Waals surface area contributed by atoms with Gasteiger partial charge in [0, 0.05) is 19.0 Å². The van der Waals surface area contributed by atoms with E-state index in [1.807, 2.05) is 0 Å². The highest BCUT2D eigenvalue weighted by molar-refractivity contribution is 5.98. The largest absolute Gasteiger partial charge is 0.369 e. The molecule has 3 heterocycles. The van der Waals surface area contributed by atoms with Gasteiger partial charge in [-0.05, 0) is 18.3 Å². The first-order valence-electron chi connectivity index (χ1n) is 5.49. The van der Waals surface area contributed by atoms with Crippen molar-refractivity contribution in [3.05, 3.63) is 11.8 Å². The number of carbonyl (C=O) groups excluding carboxylic acids is 1. The minimum atomic E-state index is 0.114. The predicted molar refractivity (Wildman–Crippen MR) is 56.8 cm³/mol. The Morgan fingerprint density at radius 3 is 2.29 bits per heavy atom. The smallest absolute Gasteiger partial charge is 0.181 e. The Kier molecular flexibility index (Phi) is 2.17. The summed E-state index contributed by atoms with van der Waals surface area (Å²) in [7, 11) is 0. The molecular weight excluding hydrogens is 174 g/mol. The number of Topliss-reactive ketones (excluding diaryl/α,β-unsaturated/α-hetero) is 1. The number of carbonyl (C=O) groups is 1. The van der Waals surface area contributed by atoms with Crippen LogP contribution in [0, 0.1) is 11.3 Å². The monoisotopic (exact) mass is 193 g/mol. The Morgan fingerprint density at radius 2 is 1.86 bits per heavy atom. The minimum absolute atomic E-state index is 0.114. The van der Waals surface area contributed by atoms with Crippen LogP contribution in [0.25, 0.3) is 0 Å². The molecule has 3 aliphatic rings. The molecule has 78 valence electrons. The van der Waals surface area contributed by atoms with Gasteiger partial charge < -0.3 is 4.90 Å². The van der Waals surface area contributed by atoms with Gasteiger partial charge in [0.15, 0.2) is 5.78 Å². The van der Waals surface area contributed by atoms with Crippen molar-refractivity contribution in [3.63, 3.8) is 0 Å². The summed E-state index contributed by atoms with van der Waals surface area (Å²) in [6, 6.07) is 0. The van der Waals surface area contributed by atoms with Crippen LogP contribution < -0.4 is 0 Å². The summed E-state index contributed by atoms with van der Waals surface area (Å²) in [6.07, 6.45) is 4.28. The van der Waals surface area contributed by atoms with E-state index in [1.165, 1.54) is 0 Å². The van der Waals surface area contributed by atoms with E-state index in [1.54, 1.807) is 0 Å². The Balaban J connectivity index is 2.27. The number of fused-ring (bicyclic) bond motifs is 3. The summed E-state index contributed by atoms with van der Waals surface area (Å²) in [5.41, 5.74) is 1.10. The molecule has 2 heteroatoms. The van der Waals surface area contributed by atoms with Crippen LogP contribution in [0.15, 0.2) is 11.8 Å². The summed E-state index contributed by atoms with van der Waals surface area (Å²) >= 11 is 0. The summed E-state index contributed by atoms with van der Waals surface area (Å²) in [4.78, 5) is 14.2. The third kappa shape index (κ3) is 1.70. The molecule has 3 fully saturated rings. The third-order valence-electron chi connectivity index (χ3n) is 3.03. The molecule has 0 aromatic carbocycles. The normalized spacial score (nSPS) is 26.4. The minimum Gasteiger partial charge on any atom is -0.369 e. The zero-order chi connectivity index (χ0) is 10.3. The Morgan fingerprint density at radius 1 is 1.29 bits per heavy atom. The van der Waals surface area contributed by atoms with Gasteiger partial charge in [-0.25, -0.2) is 0 Å². The predicted octanol–water partition coefficient (Wildman–Crippen LogP) is 2.21. The van der Waals surface area contributed by atoms with Crippen molar-refractivity contribution in [2.75, 3.05) is 13.1 Å². The molecule has 0 amide bonds. The van der Waals surface area contributed by atoms with E-state index in [2.05, 4.69) is 31.7 Å². The molecule has 0 radical (unpaired) electrons. The van der Waals surface area contributed by atoms with Crippen LogP contribution in [0.1, 0.15) is 33.6 Å². The first-order chi connectivity index (χ1) is 6.47. The lowest BCUT2D eigenvalue weighted by Crippen LogP contribution is -2.46. The maximum Gasteiger partial charge on any atom is 0.181 e. The van der Waals surface area contributed by atoms with E-state index in [4.69, 9.17) is 0 Å². The van der Waals surface area contributed by atoms with Crippen molar-refractivity contribution in [2.24, 2.45) is 11.3 Å². The molecule has 0 aliphatic carbocycles. The quantitative estimate of drug-likeness (QED) is 0.550. The van der Waals surface area contributed by atoms with Gasteiger partial charge in [0.1, 0.15) is 0 Å². The number of nitrogens with zero attached hydrogens (tertiary/aromatic N) is 1. The second-order valence-corrected chi connectivity index (χ2v) is 5.52. The fourth-order valence-electron chi connectivity index (χ4n) is 2.32. The second-order valence-electron chi connectivity index (χ2n) is 5.52. The van der Waals surface area contributed by atoms with Crippen LogP contribution >= 0.6 is 0 Å². The van der Waals surface area contributed by atoms with Gasteiger partial charge in [-0.1, -0.05) is 26.8 Å². The zero-order valence-electron chi connectivity index (χ0n) is 9.34. The zero-order valence-corrected chi connectivity index (χ0v) is 9.34. The fraction of sp³-hybridized carbons (Fsp3) is 0.750. The van der Waals surface area contributed by atoms with Crippen molar-refractivity contribution in [1.82, 2.24) is 4.90 Å². The lowest BCUT2D eigenvalue weighted by Gasteiger charge is -2.42. The van der Waals surface area contributed by atoms with Crippen molar-refractivity contribution in [1.29, 1.82) is 0 Å². The van der Waals surface area contributed by atoms with Gasteiger partial charge in [-0.15, -0.1) is 0 Å². The fourth-order valence-corrected chi connectivity index (χ4v) is 2.32. The standard InChI is InChI=1S/C12H19NO/c1-12(2,3)8-10-11(14)9-4-6-13(10)7-5-9/h8-9H,4-7H2,1-3H3/b10-8+. The van der Waals surface area contributed by atoms with Crippen molar-refractivity contribution in [2.45, 2.75) is 33.6 Å². The molecular formula is C12H19NO. The number of ketones is 1. The molecule has 0 N–H and O–H groups in total. The Bertz CT molecular complexity index is 277. The third-order valence-corrected chi connectivity index (χ3v) is 3.03. The average Bonchev–Trinajstić information content (AvgIpc) is 2.10. The van der Waals surface area contributed by atoms with E-state index in [0.29, 0.717) is 11.7 Å². The molecule has 0 atom stereocenters. The van der Waals surface area contributed by atoms with Gasteiger partial charge in [-0.3, -0.25) is 4.79 Å². The van der Waals surface area contributed by atoms with Gasteiger partial charge in [0.25, 0.3) is 0 Å². The number of allylic oxidation sites excluding steroid dienone is 2. The lowest BCUT2D eigenvalue weighted by molar-refractivity contribution is -0.125. The molecule has 0 saturated carbocycles. The number of piperidine rings is 3. The van der Waals surface area contributed by atoms with Gasteiger partial charge in [-0.2, -0.15) is 0 Å². The second kappa shape index (κ2) is 3.11. The first kappa shape index (κ1) is 9.75. The van der Waals surface area contributed by atoms with Crippen molar-refractivity contribution in [3.8, 4) is 0 Å². The highest BCUT2D eigenvalue weighted by Gasteiger charge is 2.36. The van der Waals surface area contributed by atoms with Crippen LogP contribution in [-0.4, -0.2) is 23.8 Å². The van der Waals surface area contributed by atoms with E-state index in [9.17, 15) is 4.79 Å². The highest BCUT2D eigenvalue weighted by atomic mass is 16.1. The lowest BCUT2D eigenvalue weighted by atomic mass is 9.82. The maximum atomic E-state index is 12.0. The first-order valence-corrected chi connectivity index (χ1v) is 5.49. The molecule has 3 saturated heterocycles. The molecule has 0 spiro atoms. The van der Waals surface area contributed by atoms with Crippen LogP contribution in [0.3, 0.4) is 0 Å². The molecule has 3 aliphatic heterocycles. The number of hydrogen-bond acceptors (Lipinski definition) is 2. The number of rotatable bonds is 0. The average molecular weight is 193 g/mol. The molecule has 3 rings (SSSR count). The van der Waals surface area contributed by atoms with Gasteiger partial charge in [0.05, 0.1) is 5.70 Å². The molecule has 2 bridgehead atoms. The molecule has 2 nitrogen and oxygen atoms in total. The summed E-state index contributed by atoms with van der Waals surface area (Å²) in [5.74, 6) is 0.714.